The number of hydrogen-bond acceptors (Lipinski definition) is 2. The lowest BCUT2D eigenvalue weighted by Gasteiger charge is -2.08. The van der Waals surface area contributed by atoms with Crippen LogP contribution in [0.4, 0.5) is 4.39 Å². The van der Waals surface area contributed by atoms with Gasteiger partial charge in [0.25, 0.3) is 0 Å². The first-order valence-electron chi connectivity index (χ1n) is 6.01. The van der Waals surface area contributed by atoms with Gasteiger partial charge in [-0.05, 0) is 38.7 Å². The van der Waals surface area contributed by atoms with E-state index in [1.54, 1.807) is 12.1 Å². The highest BCUT2D eigenvalue weighted by atomic mass is 19.1. The molecule has 4 heteroatoms. The SMILES string of the molecule is Cc1nn(CCN(C)C)cc1-c1ccc(F)cc1. The van der Waals surface area contributed by atoms with Gasteiger partial charge in [0, 0.05) is 18.3 Å². The number of benzene rings is 1. The number of hydrogen-bond donors (Lipinski definition) is 0. The van der Waals surface area contributed by atoms with E-state index < -0.39 is 0 Å². The zero-order valence-corrected chi connectivity index (χ0v) is 11.0. The molecular weight excluding hydrogens is 229 g/mol. The maximum atomic E-state index is 12.9. The van der Waals surface area contributed by atoms with Crippen LogP contribution in [0, 0.1) is 12.7 Å². The molecule has 0 aliphatic carbocycles. The van der Waals surface area contributed by atoms with Gasteiger partial charge in [0.15, 0.2) is 0 Å². The molecule has 0 atom stereocenters. The summed E-state index contributed by atoms with van der Waals surface area (Å²) in [6.45, 7) is 3.78. The average molecular weight is 247 g/mol. The first-order chi connectivity index (χ1) is 8.56. The zero-order valence-electron chi connectivity index (χ0n) is 11.0. The van der Waals surface area contributed by atoms with Crippen molar-refractivity contribution in [1.29, 1.82) is 0 Å². The molecule has 0 aliphatic heterocycles. The topological polar surface area (TPSA) is 21.1 Å². The van der Waals surface area contributed by atoms with Crippen molar-refractivity contribution in [3.63, 3.8) is 0 Å². The van der Waals surface area contributed by atoms with Crippen LogP contribution in [0.3, 0.4) is 0 Å². The number of aromatic nitrogens is 2. The largest absolute Gasteiger partial charge is 0.308 e. The van der Waals surface area contributed by atoms with E-state index in [2.05, 4.69) is 10.00 Å². The summed E-state index contributed by atoms with van der Waals surface area (Å²) in [6, 6.07) is 6.53. The summed E-state index contributed by atoms with van der Waals surface area (Å²) in [7, 11) is 4.08. The number of likely N-dealkylation sites (N-methyl/N-ethyl adjacent to an activating group) is 1. The highest BCUT2D eigenvalue weighted by Crippen LogP contribution is 2.22. The lowest BCUT2D eigenvalue weighted by atomic mass is 10.1. The minimum Gasteiger partial charge on any atom is -0.308 e. The van der Waals surface area contributed by atoms with Crippen LogP contribution in [0.2, 0.25) is 0 Å². The molecule has 0 aliphatic rings. The number of rotatable bonds is 4. The molecule has 0 N–H and O–H groups in total. The first-order valence-corrected chi connectivity index (χ1v) is 6.01. The summed E-state index contributed by atoms with van der Waals surface area (Å²) in [5, 5.41) is 4.48. The van der Waals surface area contributed by atoms with Crippen molar-refractivity contribution in [3.05, 3.63) is 42.0 Å². The molecule has 0 fully saturated rings. The lowest BCUT2D eigenvalue weighted by Crippen LogP contribution is -2.18. The summed E-state index contributed by atoms with van der Waals surface area (Å²) < 4.78 is 14.8. The Kier molecular flexibility index (Phi) is 3.77. The predicted octanol–water partition coefficient (Wildman–Crippen LogP) is 2.56. The molecule has 2 aromatic rings. The van der Waals surface area contributed by atoms with Crippen LogP contribution in [0.5, 0.6) is 0 Å². The van der Waals surface area contributed by atoms with Crippen molar-refractivity contribution in [3.8, 4) is 11.1 Å². The molecule has 0 amide bonds. The molecule has 2 rings (SSSR count). The highest BCUT2D eigenvalue weighted by Gasteiger charge is 2.07. The molecule has 0 unspecified atom stereocenters. The van der Waals surface area contributed by atoms with Crippen molar-refractivity contribution in [2.45, 2.75) is 13.5 Å². The number of aryl methyl sites for hydroxylation is 1. The van der Waals surface area contributed by atoms with Crippen molar-refractivity contribution < 1.29 is 4.39 Å². The van der Waals surface area contributed by atoms with Gasteiger partial charge in [-0.25, -0.2) is 4.39 Å². The van der Waals surface area contributed by atoms with Crippen molar-refractivity contribution in [2.75, 3.05) is 20.6 Å². The normalized spacial score (nSPS) is 11.2. The summed E-state index contributed by atoms with van der Waals surface area (Å²) in [4.78, 5) is 2.12. The quantitative estimate of drug-likeness (QED) is 0.828. The minimum atomic E-state index is -0.212. The Labute approximate surface area is 107 Å². The van der Waals surface area contributed by atoms with Crippen LogP contribution in [0.15, 0.2) is 30.5 Å². The standard InChI is InChI=1S/C14H18FN3/c1-11-14(12-4-6-13(15)7-5-12)10-18(16-11)9-8-17(2)3/h4-7,10H,8-9H2,1-3H3. The van der Waals surface area contributed by atoms with Gasteiger partial charge in [-0.3, -0.25) is 4.68 Å². The third kappa shape index (κ3) is 2.96. The fourth-order valence-electron chi connectivity index (χ4n) is 1.85. The van der Waals surface area contributed by atoms with Gasteiger partial charge in [0.1, 0.15) is 5.82 Å². The van der Waals surface area contributed by atoms with E-state index in [4.69, 9.17) is 0 Å². The van der Waals surface area contributed by atoms with E-state index in [0.717, 1.165) is 29.9 Å². The van der Waals surface area contributed by atoms with Gasteiger partial charge >= 0.3 is 0 Å². The maximum Gasteiger partial charge on any atom is 0.123 e. The fraction of sp³-hybridized carbons (Fsp3) is 0.357. The summed E-state index contributed by atoms with van der Waals surface area (Å²) in [5.74, 6) is -0.212. The summed E-state index contributed by atoms with van der Waals surface area (Å²) >= 11 is 0. The fourth-order valence-corrected chi connectivity index (χ4v) is 1.85. The van der Waals surface area contributed by atoms with Crippen molar-refractivity contribution in [2.24, 2.45) is 0 Å². The van der Waals surface area contributed by atoms with Crippen LogP contribution >= 0.6 is 0 Å². The van der Waals surface area contributed by atoms with Crippen molar-refractivity contribution in [1.82, 2.24) is 14.7 Å². The second-order valence-corrected chi connectivity index (χ2v) is 4.70. The van der Waals surface area contributed by atoms with Gasteiger partial charge in [0.05, 0.1) is 12.2 Å². The van der Waals surface area contributed by atoms with Gasteiger partial charge in [-0.15, -0.1) is 0 Å². The second-order valence-electron chi connectivity index (χ2n) is 4.70. The Morgan fingerprint density at radius 1 is 1.22 bits per heavy atom. The molecule has 18 heavy (non-hydrogen) atoms. The Balaban J connectivity index is 2.21. The molecule has 1 heterocycles. The zero-order chi connectivity index (χ0) is 13.1. The van der Waals surface area contributed by atoms with E-state index in [1.807, 2.05) is 31.9 Å². The maximum absolute atomic E-state index is 12.9. The first kappa shape index (κ1) is 12.8. The van der Waals surface area contributed by atoms with Gasteiger partial charge in [0.2, 0.25) is 0 Å². The molecular formula is C14H18FN3. The predicted molar refractivity (Wildman–Crippen MR) is 70.9 cm³/mol. The Morgan fingerprint density at radius 3 is 2.50 bits per heavy atom. The summed E-state index contributed by atoms with van der Waals surface area (Å²) in [5.41, 5.74) is 3.04. The Morgan fingerprint density at radius 2 is 1.89 bits per heavy atom. The van der Waals surface area contributed by atoms with Crippen LogP contribution in [-0.4, -0.2) is 35.3 Å². The smallest absolute Gasteiger partial charge is 0.123 e. The van der Waals surface area contributed by atoms with E-state index in [0.29, 0.717) is 0 Å². The van der Waals surface area contributed by atoms with Crippen LogP contribution in [0.1, 0.15) is 5.69 Å². The lowest BCUT2D eigenvalue weighted by molar-refractivity contribution is 0.373. The van der Waals surface area contributed by atoms with Crippen LogP contribution < -0.4 is 0 Å². The van der Waals surface area contributed by atoms with E-state index >= 15 is 0 Å². The molecule has 96 valence electrons. The van der Waals surface area contributed by atoms with Crippen LogP contribution in [-0.2, 0) is 6.54 Å². The molecule has 1 aromatic heterocycles. The third-order valence-corrected chi connectivity index (χ3v) is 2.88. The average Bonchev–Trinajstić information content (AvgIpc) is 2.69. The second kappa shape index (κ2) is 5.31. The number of halogens is 1. The Bertz CT molecular complexity index is 514. The monoisotopic (exact) mass is 247 g/mol. The Hall–Kier alpha value is -1.68. The molecule has 0 bridgehead atoms. The van der Waals surface area contributed by atoms with Gasteiger partial charge in [-0.2, -0.15) is 5.10 Å². The van der Waals surface area contributed by atoms with Gasteiger partial charge in [-0.1, -0.05) is 12.1 Å². The molecule has 3 nitrogen and oxygen atoms in total. The molecule has 1 aromatic carbocycles. The minimum absolute atomic E-state index is 0.212. The molecule has 0 saturated heterocycles. The molecule has 0 saturated carbocycles. The highest BCUT2D eigenvalue weighted by molar-refractivity contribution is 5.64. The number of nitrogens with zero attached hydrogens (tertiary/aromatic N) is 3. The van der Waals surface area contributed by atoms with Crippen LogP contribution in [0.25, 0.3) is 11.1 Å². The van der Waals surface area contributed by atoms with E-state index in [1.165, 1.54) is 12.1 Å². The third-order valence-electron chi connectivity index (χ3n) is 2.88. The molecule has 0 radical (unpaired) electrons. The summed E-state index contributed by atoms with van der Waals surface area (Å²) in [6.07, 6.45) is 2.02. The molecule has 0 spiro atoms. The van der Waals surface area contributed by atoms with Crippen molar-refractivity contribution >= 4 is 0 Å². The van der Waals surface area contributed by atoms with E-state index in [9.17, 15) is 4.39 Å². The van der Waals surface area contributed by atoms with Gasteiger partial charge < -0.3 is 4.90 Å². The van der Waals surface area contributed by atoms with E-state index in [-0.39, 0.29) is 5.82 Å².